The number of carbonyl (C=O) groups is 1. The summed E-state index contributed by atoms with van der Waals surface area (Å²) < 4.78 is 34.1. The van der Waals surface area contributed by atoms with Crippen LogP contribution in [0.4, 0.5) is 0 Å². The van der Waals surface area contributed by atoms with Crippen molar-refractivity contribution in [3.05, 3.63) is 70.8 Å². The maximum atomic E-state index is 13.1. The molecule has 0 aliphatic heterocycles. The zero-order chi connectivity index (χ0) is 23.7. The van der Waals surface area contributed by atoms with Gasteiger partial charge < -0.3 is 10.1 Å². The predicted molar refractivity (Wildman–Crippen MR) is 131 cm³/mol. The number of hydrogen-bond acceptors (Lipinski definition) is 4. The van der Waals surface area contributed by atoms with E-state index in [1.165, 1.54) is 36.6 Å². The number of rotatable bonds is 11. The van der Waals surface area contributed by atoms with Crippen molar-refractivity contribution in [2.45, 2.75) is 56.4 Å². The summed E-state index contributed by atoms with van der Waals surface area (Å²) in [5.74, 6) is 0.0598. The number of sulfonamides is 1. The Balaban J connectivity index is 1.73. The van der Waals surface area contributed by atoms with Crippen molar-refractivity contribution >= 4 is 27.5 Å². The van der Waals surface area contributed by atoms with E-state index in [4.69, 9.17) is 16.3 Å². The van der Waals surface area contributed by atoms with E-state index in [1.807, 2.05) is 37.3 Å². The van der Waals surface area contributed by atoms with Gasteiger partial charge in [0.25, 0.3) is 0 Å². The fourth-order valence-electron chi connectivity index (χ4n) is 3.82. The van der Waals surface area contributed by atoms with Gasteiger partial charge in [-0.2, -0.15) is 4.72 Å². The van der Waals surface area contributed by atoms with Gasteiger partial charge in [-0.25, -0.2) is 8.42 Å². The van der Waals surface area contributed by atoms with Gasteiger partial charge >= 0.3 is 0 Å². The maximum Gasteiger partial charge on any atom is 0.241 e. The first-order valence-corrected chi connectivity index (χ1v) is 13.2. The van der Waals surface area contributed by atoms with Crippen LogP contribution in [0.3, 0.4) is 0 Å². The monoisotopic (exact) mass is 490 g/mol. The second-order valence-corrected chi connectivity index (χ2v) is 10.2. The predicted octanol–water partition coefficient (Wildman–Crippen LogP) is 4.64. The van der Waals surface area contributed by atoms with Crippen molar-refractivity contribution < 1.29 is 17.9 Å². The van der Waals surface area contributed by atoms with E-state index in [0.717, 1.165) is 24.8 Å². The molecule has 2 aromatic rings. The molecule has 1 aliphatic carbocycles. The van der Waals surface area contributed by atoms with Crippen LogP contribution in [0.15, 0.2) is 65.1 Å². The van der Waals surface area contributed by atoms with Crippen molar-refractivity contribution in [1.82, 2.24) is 10.0 Å². The Hall–Kier alpha value is -2.35. The molecule has 1 aliphatic rings. The van der Waals surface area contributed by atoms with Crippen LogP contribution in [0, 0.1) is 0 Å². The van der Waals surface area contributed by atoms with Crippen LogP contribution in [0.5, 0.6) is 5.75 Å². The molecule has 178 valence electrons. The van der Waals surface area contributed by atoms with Crippen molar-refractivity contribution in [1.29, 1.82) is 0 Å². The number of benzene rings is 2. The average Bonchev–Trinajstić information content (AvgIpc) is 2.81. The first-order valence-electron chi connectivity index (χ1n) is 11.3. The molecule has 0 radical (unpaired) electrons. The Bertz CT molecular complexity index is 1070. The van der Waals surface area contributed by atoms with Gasteiger partial charge in [0.2, 0.25) is 15.9 Å². The number of halogens is 1. The summed E-state index contributed by atoms with van der Waals surface area (Å²) in [5.41, 5.74) is 2.21. The molecule has 0 heterocycles. The Labute approximate surface area is 201 Å². The third kappa shape index (κ3) is 7.59. The fraction of sp³-hybridized carbons (Fsp3) is 0.400. The molecule has 33 heavy (non-hydrogen) atoms. The first-order chi connectivity index (χ1) is 15.9. The summed E-state index contributed by atoms with van der Waals surface area (Å²) in [6, 6.07) is 12.7. The number of ether oxygens (including phenoxy) is 1. The Morgan fingerprint density at radius 1 is 1.15 bits per heavy atom. The van der Waals surface area contributed by atoms with Crippen LogP contribution in [-0.4, -0.2) is 33.5 Å². The summed E-state index contributed by atoms with van der Waals surface area (Å²) in [6.45, 7) is 2.72. The molecule has 1 atom stereocenters. The molecule has 2 aromatic carbocycles. The quantitative estimate of drug-likeness (QED) is 0.449. The van der Waals surface area contributed by atoms with Gasteiger partial charge in [0.15, 0.2) is 0 Å². The lowest BCUT2D eigenvalue weighted by Gasteiger charge is -2.20. The third-order valence-corrected chi connectivity index (χ3v) is 7.31. The van der Waals surface area contributed by atoms with E-state index in [1.54, 1.807) is 0 Å². The molecule has 0 aromatic heterocycles. The molecule has 0 bridgehead atoms. The van der Waals surface area contributed by atoms with Gasteiger partial charge in [-0.1, -0.05) is 53.6 Å². The topological polar surface area (TPSA) is 84.5 Å². The number of carbonyl (C=O) groups excluding carboxylic acids is 1. The highest BCUT2D eigenvalue weighted by Gasteiger charge is 2.26. The normalized spacial score (nSPS) is 14.9. The van der Waals surface area contributed by atoms with E-state index in [-0.39, 0.29) is 22.2 Å². The zero-order valence-corrected chi connectivity index (χ0v) is 20.4. The molecule has 0 saturated carbocycles. The third-order valence-electron chi connectivity index (χ3n) is 5.54. The van der Waals surface area contributed by atoms with Crippen LogP contribution in [-0.2, 0) is 21.2 Å². The lowest BCUT2D eigenvalue weighted by molar-refractivity contribution is -0.122. The second-order valence-electron chi connectivity index (χ2n) is 8.04. The summed E-state index contributed by atoms with van der Waals surface area (Å²) in [5, 5.41) is 3.11. The lowest BCUT2D eigenvalue weighted by atomic mass is 9.97. The Kier molecular flexibility index (Phi) is 9.35. The molecule has 2 N–H and O–H groups in total. The van der Waals surface area contributed by atoms with Crippen molar-refractivity contribution in [3.63, 3.8) is 0 Å². The van der Waals surface area contributed by atoms with Gasteiger partial charge in [0.1, 0.15) is 11.8 Å². The van der Waals surface area contributed by atoms with Crippen LogP contribution in [0.2, 0.25) is 5.02 Å². The van der Waals surface area contributed by atoms with Crippen molar-refractivity contribution in [2.24, 2.45) is 0 Å². The van der Waals surface area contributed by atoms with E-state index in [2.05, 4.69) is 16.1 Å². The first kappa shape index (κ1) is 25.3. The fourth-order valence-corrected chi connectivity index (χ4v) is 5.34. The largest absolute Gasteiger partial charge is 0.492 e. The summed E-state index contributed by atoms with van der Waals surface area (Å²) in [6.07, 6.45) is 7.81. The number of nitrogens with one attached hydrogen (secondary N) is 2. The van der Waals surface area contributed by atoms with Gasteiger partial charge in [0.05, 0.1) is 16.5 Å². The minimum Gasteiger partial charge on any atom is -0.492 e. The van der Waals surface area contributed by atoms with Gasteiger partial charge in [-0.3, -0.25) is 4.79 Å². The van der Waals surface area contributed by atoms with Crippen LogP contribution >= 0.6 is 11.6 Å². The number of amides is 1. The van der Waals surface area contributed by atoms with E-state index in [9.17, 15) is 13.2 Å². The molecule has 0 unspecified atom stereocenters. The lowest BCUT2D eigenvalue weighted by Crippen LogP contribution is -2.48. The molecule has 0 fully saturated rings. The minimum atomic E-state index is -3.99. The molecule has 1 amide bonds. The van der Waals surface area contributed by atoms with E-state index in [0.29, 0.717) is 18.9 Å². The second kappa shape index (κ2) is 12.2. The van der Waals surface area contributed by atoms with Crippen LogP contribution in [0.25, 0.3) is 0 Å². The molecular weight excluding hydrogens is 460 g/mol. The Morgan fingerprint density at radius 3 is 2.61 bits per heavy atom. The molecule has 8 heteroatoms. The highest BCUT2D eigenvalue weighted by molar-refractivity contribution is 7.89. The highest BCUT2D eigenvalue weighted by Crippen LogP contribution is 2.27. The van der Waals surface area contributed by atoms with Gasteiger partial charge in [0, 0.05) is 6.54 Å². The minimum absolute atomic E-state index is 0.0193. The van der Waals surface area contributed by atoms with Crippen molar-refractivity contribution in [3.8, 4) is 5.75 Å². The summed E-state index contributed by atoms with van der Waals surface area (Å²) in [7, 11) is -3.99. The smallest absolute Gasteiger partial charge is 0.241 e. The summed E-state index contributed by atoms with van der Waals surface area (Å²) >= 11 is 6.18. The molecule has 0 spiro atoms. The number of hydrogen-bond donors (Lipinski definition) is 2. The number of allylic oxidation sites excluding steroid dienone is 1. The molecule has 6 nitrogen and oxygen atoms in total. The van der Waals surface area contributed by atoms with Gasteiger partial charge in [-0.15, -0.1) is 0 Å². The maximum absolute atomic E-state index is 13.1. The van der Waals surface area contributed by atoms with Crippen molar-refractivity contribution in [2.75, 3.05) is 13.2 Å². The van der Waals surface area contributed by atoms with Gasteiger partial charge in [-0.05, 0) is 69.2 Å². The van der Waals surface area contributed by atoms with E-state index < -0.39 is 16.1 Å². The standard InChI is InChI=1S/C25H31ClN2O4S/c1-2-32-24-14-13-21(18-22(24)26)33(30,31)28-23(17-20-11-7-4-8-12-20)25(29)27-16-15-19-9-5-3-6-10-19/h4,7-9,11-14,18,23,28H,2-3,5-6,10,15-17H2,1H3,(H,27,29)/t23-/m0/s1. The zero-order valence-electron chi connectivity index (χ0n) is 18.8. The molecule has 3 rings (SSSR count). The van der Waals surface area contributed by atoms with Crippen LogP contribution in [0.1, 0.15) is 44.6 Å². The highest BCUT2D eigenvalue weighted by atomic mass is 35.5. The van der Waals surface area contributed by atoms with E-state index >= 15 is 0 Å². The van der Waals surface area contributed by atoms with Crippen LogP contribution < -0.4 is 14.8 Å². The SMILES string of the molecule is CCOc1ccc(S(=O)(=O)N[C@@H](Cc2ccccc2)C(=O)NCCC2=CCCCC2)cc1Cl. The molecule has 0 saturated heterocycles. The summed E-state index contributed by atoms with van der Waals surface area (Å²) in [4.78, 5) is 13.0. The average molecular weight is 491 g/mol. The Morgan fingerprint density at radius 2 is 1.94 bits per heavy atom. The molecular formula is C25H31ClN2O4S.